The van der Waals surface area contributed by atoms with E-state index in [1.54, 1.807) is 0 Å². The summed E-state index contributed by atoms with van der Waals surface area (Å²) in [6, 6.07) is 2.93. The van der Waals surface area contributed by atoms with Gasteiger partial charge in [-0.3, -0.25) is 14.5 Å². The third kappa shape index (κ3) is 7.16. The Labute approximate surface area is 260 Å². The molecular weight excluding hydrogens is 594 g/mol. The van der Waals surface area contributed by atoms with Crippen molar-refractivity contribution in [3.8, 4) is 11.1 Å². The van der Waals surface area contributed by atoms with E-state index < -0.39 is 48.6 Å². The van der Waals surface area contributed by atoms with Gasteiger partial charge in [0.05, 0.1) is 35.9 Å². The van der Waals surface area contributed by atoms with Crippen LogP contribution in [0.1, 0.15) is 34.1 Å². The van der Waals surface area contributed by atoms with Crippen LogP contribution in [0.25, 0.3) is 11.1 Å². The van der Waals surface area contributed by atoms with E-state index in [1.807, 2.05) is 30.7 Å². The first kappa shape index (κ1) is 32.9. The van der Waals surface area contributed by atoms with Crippen molar-refractivity contribution >= 4 is 29.1 Å². The van der Waals surface area contributed by atoms with Gasteiger partial charge in [0.2, 0.25) is 17.8 Å². The molecule has 5 atom stereocenters. The Bertz CT molecular complexity index is 1380. The number of piperidine rings is 1. The van der Waals surface area contributed by atoms with Gasteiger partial charge in [0.15, 0.2) is 0 Å². The van der Waals surface area contributed by atoms with Crippen molar-refractivity contribution < 1.29 is 31.9 Å². The summed E-state index contributed by atoms with van der Waals surface area (Å²) >= 11 is 0. The molecule has 3 saturated heterocycles. The molecule has 1 aromatic heterocycles. The van der Waals surface area contributed by atoms with Crippen LogP contribution >= 0.6 is 0 Å². The van der Waals surface area contributed by atoms with Crippen LogP contribution in [0.3, 0.4) is 0 Å². The Kier molecular flexibility index (Phi) is 9.54. The molecule has 2 unspecified atom stereocenters. The van der Waals surface area contributed by atoms with Crippen LogP contribution in [0, 0.1) is 23.6 Å². The first-order valence-electron chi connectivity index (χ1n) is 15.4. The zero-order valence-electron chi connectivity index (χ0n) is 26.2. The maximum Gasteiger partial charge on any atom is 0.393 e. The molecule has 3 aliphatic rings. The summed E-state index contributed by atoms with van der Waals surface area (Å²) in [5, 5.41) is 5.05. The van der Waals surface area contributed by atoms with Crippen LogP contribution in [-0.2, 0) is 14.3 Å². The van der Waals surface area contributed by atoms with Crippen molar-refractivity contribution in [2.24, 2.45) is 17.8 Å². The molecule has 45 heavy (non-hydrogen) atoms. The van der Waals surface area contributed by atoms with Gasteiger partial charge < -0.3 is 25.2 Å². The van der Waals surface area contributed by atoms with E-state index in [2.05, 4.69) is 39.3 Å². The minimum absolute atomic E-state index is 0.0348. The van der Waals surface area contributed by atoms with Crippen LogP contribution < -0.4 is 20.4 Å². The normalized spacial score (nSPS) is 26.6. The fourth-order valence-corrected chi connectivity index (χ4v) is 6.26. The number of likely N-dealkylation sites (N-methyl/N-ethyl adjacent to an activating group) is 1. The summed E-state index contributed by atoms with van der Waals surface area (Å²) in [5.74, 6) is -5.11. The van der Waals surface area contributed by atoms with Crippen molar-refractivity contribution in [2.75, 3.05) is 61.5 Å². The molecule has 4 heterocycles. The second kappa shape index (κ2) is 13.1. The Morgan fingerprint density at radius 2 is 1.76 bits per heavy atom. The van der Waals surface area contributed by atoms with Crippen molar-refractivity contribution in [1.82, 2.24) is 20.2 Å². The van der Waals surface area contributed by atoms with Gasteiger partial charge in [0.25, 0.3) is 0 Å². The molecule has 2 amide bonds. The van der Waals surface area contributed by atoms with Crippen LogP contribution in [0.4, 0.5) is 34.9 Å². The molecular formula is C31H41F4N7O3. The zero-order valence-corrected chi connectivity index (χ0v) is 26.2. The van der Waals surface area contributed by atoms with E-state index in [1.165, 1.54) is 24.5 Å². The predicted octanol–water partition coefficient (Wildman–Crippen LogP) is 3.93. The molecule has 10 nitrogen and oxygen atoms in total. The molecule has 2 N–H and O–H groups in total. The van der Waals surface area contributed by atoms with Gasteiger partial charge in [-0.15, -0.1) is 0 Å². The number of alkyl halides is 3. The molecule has 1 aromatic carbocycles. The number of rotatable bonds is 6. The number of nitrogens with one attached hydrogen (secondary N) is 2. The SMILES string of the molecule is CC(C)[C@H]1CN(c2ncc(-c3cc(NC(=O)C4CNC(=O)CC4C(F)(F)F)c(N4C[C@@H](C)N(C)[C@@H](C)C4)cc3F)cn2)CCO1. The average Bonchev–Trinajstić information content (AvgIpc) is 3.00. The first-order chi connectivity index (χ1) is 21.2. The summed E-state index contributed by atoms with van der Waals surface area (Å²) in [6.07, 6.45) is -2.54. The third-order valence-electron chi connectivity index (χ3n) is 9.28. The Morgan fingerprint density at radius 3 is 2.38 bits per heavy atom. The minimum atomic E-state index is -4.74. The minimum Gasteiger partial charge on any atom is -0.374 e. The molecule has 0 saturated carbocycles. The van der Waals surface area contributed by atoms with E-state index >= 15 is 4.39 Å². The van der Waals surface area contributed by atoms with E-state index in [0.29, 0.717) is 55.9 Å². The van der Waals surface area contributed by atoms with E-state index in [9.17, 15) is 22.8 Å². The second-order valence-electron chi connectivity index (χ2n) is 12.7. The molecule has 0 spiro atoms. The fraction of sp³-hybridized carbons (Fsp3) is 0.613. The van der Waals surface area contributed by atoms with Crippen LogP contribution in [0.5, 0.6) is 0 Å². The highest BCUT2D eigenvalue weighted by atomic mass is 19.4. The van der Waals surface area contributed by atoms with Gasteiger partial charge in [-0.1, -0.05) is 13.8 Å². The maximum absolute atomic E-state index is 15.9. The van der Waals surface area contributed by atoms with Crippen LogP contribution in [0.2, 0.25) is 0 Å². The average molecular weight is 636 g/mol. The van der Waals surface area contributed by atoms with Gasteiger partial charge in [0.1, 0.15) is 5.82 Å². The summed E-state index contributed by atoms with van der Waals surface area (Å²) < 4.78 is 63.3. The Balaban J connectivity index is 1.47. The topological polar surface area (TPSA) is 103 Å². The largest absolute Gasteiger partial charge is 0.393 e. The molecule has 14 heteroatoms. The lowest BCUT2D eigenvalue weighted by Gasteiger charge is -2.44. The van der Waals surface area contributed by atoms with Gasteiger partial charge in [-0.25, -0.2) is 14.4 Å². The number of morpholine rings is 1. The number of piperazine rings is 1. The summed E-state index contributed by atoms with van der Waals surface area (Å²) in [6.45, 7) is 10.6. The molecule has 3 aliphatic heterocycles. The lowest BCUT2D eigenvalue weighted by Crippen LogP contribution is -2.55. The van der Waals surface area contributed by atoms with Gasteiger partial charge >= 0.3 is 6.18 Å². The van der Waals surface area contributed by atoms with Crippen molar-refractivity contribution in [3.05, 3.63) is 30.3 Å². The number of benzene rings is 1. The number of halogens is 4. The molecule has 0 aliphatic carbocycles. The predicted molar refractivity (Wildman–Crippen MR) is 162 cm³/mol. The van der Waals surface area contributed by atoms with Crippen LogP contribution in [-0.4, -0.2) is 97.4 Å². The third-order valence-corrected chi connectivity index (χ3v) is 9.28. The molecule has 2 aromatic rings. The summed E-state index contributed by atoms with van der Waals surface area (Å²) in [4.78, 5) is 40.3. The lowest BCUT2D eigenvalue weighted by molar-refractivity contribution is -0.197. The first-order valence-corrected chi connectivity index (χ1v) is 15.4. The number of aromatic nitrogens is 2. The standard InChI is InChI=1S/C31H41F4N7O3/c1-17(2)27-16-41(6-7-45-27)30-37-11-20(12-38-30)21-8-25(26(10-24(21)32)42-14-18(3)40(5)19(4)15-42)39-29(44)22-13-36-28(43)9-23(22)31(33,34)35/h8,10-12,17-19,22-23,27H,6-7,9,13-16H2,1-5H3,(H,36,43)(H,39,44)/t18-,19+,22?,23?,27-/m1/s1. The lowest BCUT2D eigenvalue weighted by atomic mass is 9.84. The summed E-state index contributed by atoms with van der Waals surface area (Å²) in [5.41, 5.74) is 0.993. The number of carbonyl (C=O) groups excluding carboxylic acids is 2. The number of nitrogens with zero attached hydrogens (tertiary/aromatic N) is 5. The Morgan fingerprint density at radius 1 is 1.09 bits per heavy atom. The Hall–Kier alpha value is -3.52. The molecule has 3 fully saturated rings. The van der Waals surface area contributed by atoms with E-state index in [4.69, 9.17) is 4.74 Å². The fourth-order valence-electron chi connectivity index (χ4n) is 6.26. The zero-order chi connectivity index (χ0) is 32.6. The molecule has 246 valence electrons. The molecule has 0 radical (unpaired) electrons. The second-order valence-corrected chi connectivity index (χ2v) is 12.7. The van der Waals surface area contributed by atoms with Crippen molar-refractivity contribution in [2.45, 2.75) is 58.5 Å². The van der Waals surface area contributed by atoms with Crippen molar-refractivity contribution in [3.63, 3.8) is 0 Å². The quantitative estimate of drug-likeness (QED) is 0.461. The highest BCUT2D eigenvalue weighted by Gasteiger charge is 2.50. The number of anilines is 3. The smallest absolute Gasteiger partial charge is 0.374 e. The van der Waals surface area contributed by atoms with Gasteiger partial charge in [-0.05, 0) is 38.9 Å². The van der Waals surface area contributed by atoms with Gasteiger partial charge in [-0.2, -0.15) is 13.2 Å². The van der Waals surface area contributed by atoms with Gasteiger partial charge in [0, 0.05) is 74.7 Å². The van der Waals surface area contributed by atoms with Crippen molar-refractivity contribution in [1.29, 1.82) is 0 Å². The number of hydrogen-bond acceptors (Lipinski definition) is 8. The monoisotopic (exact) mass is 635 g/mol. The molecule has 5 rings (SSSR count). The van der Waals surface area contributed by atoms with Crippen LogP contribution in [0.15, 0.2) is 24.5 Å². The maximum atomic E-state index is 15.9. The van der Waals surface area contributed by atoms with E-state index in [-0.39, 0.29) is 29.4 Å². The molecule has 0 bridgehead atoms. The number of ether oxygens (including phenoxy) is 1. The van der Waals surface area contributed by atoms with E-state index in [0.717, 1.165) is 0 Å². The number of hydrogen-bond donors (Lipinski definition) is 2. The number of amides is 2. The highest BCUT2D eigenvalue weighted by Crippen LogP contribution is 2.39. The number of carbonyl (C=O) groups is 2. The highest BCUT2D eigenvalue weighted by molar-refractivity contribution is 5.98. The summed E-state index contributed by atoms with van der Waals surface area (Å²) in [7, 11) is 2.00.